The number of nitrogens with one attached hydrogen (secondary N) is 1. The number of hydroxylamine groups is 1. The average Bonchev–Trinajstić information content (AvgIpc) is 2.84. The summed E-state index contributed by atoms with van der Waals surface area (Å²) in [5, 5.41) is 0. The smallest absolute Gasteiger partial charge is 0.220 e. The summed E-state index contributed by atoms with van der Waals surface area (Å²) in [5.41, 5.74) is 16.6. The van der Waals surface area contributed by atoms with Crippen LogP contribution in [-0.2, 0) is 11.3 Å². The second-order valence-corrected chi connectivity index (χ2v) is 8.31. The third-order valence-corrected chi connectivity index (χ3v) is 6.26. The van der Waals surface area contributed by atoms with Gasteiger partial charge in [-0.25, -0.2) is 9.97 Å². The van der Waals surface area contributed by atoms with Gasteiger partial charge < -0.3 is 10.6 Å². The Balaban J connectivity index is 1.66. The third kappa shape index (κ3) is 5.24. The van der Waals surface area contributed by atoms with Crippen LogP contribution in [0.1, 0.15) is 42.3 Å². The monoisotopic (exact) mass is 443 g/mol. The van der Waals surface area contributed by atoms with Crippen molar-refractivity contribution >= 4 is 11.6 Å². The van der Waals surface area contributed by atoms with E-state index in [2.05, 4.69) is 88.8 Å². The number of aromatic nitrogens is 2. The molecule has 0 bridgehead atoms. The van der Waals surface area contributed by atoms with E-state index in [1.165, 1.54) is 16.7 Å². The molecule has 1 heterocycles. The Labute approximate surface area is 196 Å². The highest BCUT2D eigenvalue weighted by atomic mass is 16.6. The first-order valence-electron chi connectivity index (χ1n) is 11.7. The number of allylic oxidation sites excluding steroid dienone is 1. The molecule has 0 aliphatic heterocycles. The number of nitrogens with two attached hydrogens (primary N) is 1. The summed E-state index contributed by atoms with van der Waals surface area (Å²) in [6, 6.07) is 19.1. The maximum Gasteiger partial charge on any atom is 0.220 e. The molecule has 0 saturated heterocycles. The van der Waals surface area contributed by atoms with Crippen molar-refractivity contribution in [1.29, 1.82) is 0 Å². The molecule has 0 radical (unpaired) electrons. The highest BCUT2D eigenvalue weighted by Gasteiger charge is 2.26. The molecule has 3 N–H and O–H groups in total. The van der Waals surface area contributed by atoms with Crippen molar-refractivity contribution < 1.29 is 4.84 Å². The van der Waals surface area contributed by atoms with Gasteiger partial charge in [-0.2, -0.15) is 0 Å². The lowest BCUT2D eigenvalue weighted by atomic mass is 9.82. The van der Waals surface area contributed by atoms with E-state index in [1.807, 2.05) is 13.0 Å². The van der Waals surface area contributed by atoms with Gasteiger partial charge in [0.15, 0.2) is 0 Å². The van der Waals surface area contributed by atoms with Crippen molar-refractivity contribution in [1.82, 2.24) is 20.3 Å². The lowest BCUT2D eigenvalue weighted by molar-refractivity contribution is 0.0595. The third-order valence-electron chi connectivity index (χ3n) is 6.26. The molecule has 1 unspecified atom stereocenters. The van der Waals surface area contributed by atoms with Crippen LogP contribution in [0.15, 0.2) is 60.7 Å². The lowest BCUT2D eigenvalue weighted by Crippen LogP contribution is -2.30. The Morgan fingerprint density at radius 1 is 1.03 bits per heavy atom. The number of benzene rings is 2. The fourth-order valence-electron chi connectivity index (χ4n) is 4.53. The Morgan fingerprint density at radius 3 is 2.52 bits per heavy atom. The first-order chi connectivity index (χ1) is 16.1. The van der Waals surface area contributed by atoms with Gasteiger partial charge in [-0.1, -0.05) is 74.5 Å². The molecule has 6 nitrogen and oxygen atoms in total. The molecule has 0 amide bonds. The molecule has 6 heteroatoms. The first-order valence-corrected chi connectivity index (χ1v) is 11.7. The highest BCUT2D eigenvalue weighted by Crippen LogP contribution is 2.38. The van der Waals surface area contributed by atoms with Crippen LogP contribution in [0.4, 0.5) is 5.95 Å². The predicted octanol–water partition coefficient (Wildman–Crippen LogP) is 4.58. The predicted molar refractivity (Wildman–Crippen MR) is 134 cm³/mol. The van der Waals surface area contributed by atoms with Gasteiger partial charge in [0, 0.05) is 24.4 Å². The normalized spacial score (nSPS) is 15.3. The van der Waals surface area contributed by atoms with E-state index in [0.717, 1.165) is 48.7 Å². The summed E-state index contributed by atoms with van der Waals surface area (Å²) in [6.45, 7) is 9.78. The molecule has 1 atom stereocenters. The number of anilines is 1. The van der Waals surface area contributed by atoms with Gasteiger partial charge >= 0.3 is 0 Å². The quantitative estimate of drug-likeness (QED) is 0.372. The Bertz CT molecular complexity index is 1110. The lowest BCUT2D eigenvalue weighted by Gasteiger charge is -2.27. The molecule has 1 aliphatic rings. The van der Waals surface area contributed by atoms with Crippen LogP contribution in [0.5, 0.6) is 0 Å². The van der Waals surface area contributed by atoms with Crippen molar-refractivity contribution in [2.24, 2.45) is 0 Å². The van der Waals surface area contributed by atoms with Gasteiger partial charge in [0.05, 0.1) is 23.7 Å². The van der Waals surface area contributed by atoms with Crippen molar-refractivity contribution in [2.75, 3.05) is 32.0 Å². The van der Waals surface area contributed by atoms with Crippen molar-refractivity contribution in [3.63, 3.8) is 0 Å². The van der Waals surface area contributed by atoms with Crippen molar-refractivity contribution in [3.05, 3.63) is 83.2 Å². The Hall–Kier alpha value is -3.22. The summed E-state index contributed by atoms with van der Waals surface area (Å²) in [7, 11) is 0. The zero-order chi connectivity index (χ0) is 23.2. The van der Waals surface area contributed by atoms with Crippen molar-refractivity contribution in [2.45, 2.75) is 33.1 Å². The van der Waals surface area contributed by atoms with Gasteiger partial charge in [0.25, 0.3) is 0 Å². The number of fused-ring (bicyclic) bond motifs is 1. The number of nitrogen functional groups attached to an aromatic ring is 1. The van der Waals surface area contributed by atoms with Gasteiger partial charge in [0.2, 0.25) is 5.95 Å². The largest absolute Gasteiger partial charge is 0.368 e. The topological polar surface area (TPSA) is 76.3 Å². The second kappa shape index (κ2) is 10.6. The first kappa shape index (κ1) is 23.0. The molecule has 4 rings (SSSR count). The summed E-state index contributed by atoms with van der Waals surface area (Å²) in [4.78, 5) is 17.2. The van der Waals surface area contributed by atoms with Crippen LogP contribution in [0.25, 0.3) is 16.8 Å². The maximum atomic E-state index is 6.02. The average molecular weight is 444 g/mol. The van der Waals surface area contributed by atoms with Gasteiger partial charge in [-0.15, -0.1) is 0 Å². The molecule has 33 heavy (non-hydrogen) atoms. The molecular formula is C27H33N5O. The van der Waals surface area contributed by atoms with Gasteiger partial charge in [-0.3, -0.25) is 10.3 Å². The second-order valence-electron chi connectivity index (χ2n) is 8.31. The molecule has 0 spiro atoms. The molecule has 2 aromatic carbocycles. The number of hydrogen-bond donors (Lipinski definition) is 2. The van der Waals surface area contributed by atoms with Crippen LogP contribution >= 0.6 is 0 Å². The minimum atomic E-state index is 0.136. The number of rotatable bonds is 9. The van der Waals surface area contributed by atoms with Crippen molar-refractivity contribution in [3.8, 4) is 11.1 Å². The van der Waals surface area contributed by atoms with Crippen LogP contribution in [0, 0.1) is 6.92 Å². The number of nitrogens with zero attached hydrogens (tertiary/aromatic N) is 3. The molecule has 1 aromatic heterocycles. The van der Waals surface area contributed by atoms with E-state index < -0.39 is 0 Å². The Kier molecular flexibility index (Phi) is 7.37. The zero-order valence-electron chi connectivity index (χ0n) is 19.7. The van der Waals surface area contributed by atoms with E-state index in [4.69, 9.17) is 10.6 Å². The summed E-state index contributed by atoms with van der Waals surface area (Å²) >= 11 is 0. The number of hydrogen-bond acceptors (Lipinski definition) is 6. The summed E-state index contributed by atoms with van der Waals surface area (Å²) < 4.78 is 0. The highest BCUT2D eigenvalue weighted by molar-refractivity contribution is 5.74. The van der Waals surface area contributed by atoms with Gasteiger partial charge in [0.1, 0.15) is 0 Å². The number of aryl methyl sites for hydroxylation is 1. The minimum absolute atomic E-state index is 0.136. The Morgan fingerprint density at radius 2 is 1.76 bits per heavy atom. The van der Waals surface area contributed by atoms with E-state index in [-0.39, 0.29) is 5.92 Å². The SMILES string of the molecule is CCN(CC)CCONC1=CC(c2ccccc2-c2ccccc2)Cc2nc(N)nc(C)c21. The number of likely N-dealkylation sites (N-methyl/N-ethyl adjacent to an activating group) is 1. The van der Waals surface area contributed by atoms with Crippen LogP contribution < -0.4 is 11.2 Å². The van der Waals surface area contributed by atoms with Crippen LogP contribution in [0.3, 0.4) is 0 Å². The molecule has 0 saturated carbocycles. The molecule has 3 aromatic rings. The molecule has 1 aliphatic carbocycles. The van der Waals surface area contributed by atoms with Crippen LogP contribution in [0.2, 0.25) is 0 Å². The standard InChI is InChI=1S/C27H33N5O/c1-4-32(5-2)15-16-33-31-25-18-21(17-24-26(25)19(3)29-27(28)30-24)23-14-10-9-13-22(23)20-11-7-6-8-12-20/h6-14,18,21,31H,4-5,15-17H2,1-3H3,(H2,28,29,30). The van der Waals surface area contributed by atoms with E-state index in [9.17, 15) is 0 Å². The molecular weight excluding hydrogens is 410 g/mol. The fourth-order valence-corrected chi connectivity index (χ4v) is 4.53. The van der Waals surface area contributed by atoms with E-state index in [1.54, 1.807) is 0 Å². The molecule has 172 valence electrons. The maximum absolute atomic E-state index is 6.02. The summed E-state index contributed by atoms with van der Waals surface area (Å²) in [5.74, 6) is 0.446. The summed E-state index contributed by atoms with van der Waals surface area (Å²) in [6.07, 6.45) is 3.01. The minimum Gasteiger partial charge on any atom is -0.368 e. The van der Waals surface area contributed by atoms with Gasteiger partial charge in [-0.05, 0) is 36.7 Å². The fraction of sp³-hybridized carbons (Fsp3) is 0.333. The zero-order valence-corrected chi connectivity index (χ0v) is 19.7. The van der Waals surface area contributed by atoms with E-state index in [0.29, 0.717) is 12.6 Å². The molecule has 0 fully saturated rings. The van der Waals surface area contributed by atoms with E-state index >= 15 is 0 Å². The van der Waals surface area contributed by atoms with Crippen LogP contribution in [-0.4, -0.2) is 41.1 Å².